The van der Waals surface area contributed by atoms with E-state index in [0.717, 1.165) is 11.3 Å². The molecule has 1 aromatic rings. The molecule has 0 fully saturated rings. The van der Waals surface area contributed by atoms with E-state index in [1.165, 1.54) is 11.8 Å². The summed E-state index contributed by atoms with van der Waals surface area (Å²) in [4.78, 5) is 10.7. The van der Waals surface area contributed by atoms with Gasteiger partial charge in [-0.3, -0.25) is 9.48 Å². The molecule has 0 aliphatic rings. The third-order valence-corrected chi connectivity index (χ3v) is 2.75. The van der Waals surface area contributed by atoms with Gasteiger partial charge in [-0.05, 0) is 20.8 Å². The van der Waals surface area contributed by atoms with Crippen LogP contribution < -0.4 is 0 Å². The predicted octanol–water partition coefficient (Wildman–Crippen LogP) is 2.93. The van der Waals surface area contributed by atoms with Crippen molar-refractivity contribution in [2.75, 3.05) is 5.75 Å². The Morgan fingerprint density at radius 1 is 1.56 bits per heavy atom. The Balaban J connectivity index is 2.55. The van der Waals surface area contributed by atoms with Gasteiger partial charge in [-0.1, -0.05) is 23.9 Å². The Morgan fingerprint density at radius 2 is 2.25 bits per heavy atom. The molecular weight excluding hydrogens is 220 g/mol. The van der Waals surface area contributed by atoms with Gasteiger partial charge in [-0.25, -0.2) is 0 Å². The third-order valence-electron chi connectivity index (χ3n) is 1.98. The van der Waals surface area contributed by atoms with Gasteiger partial charge >= 0.3 is 0 Å². The lowest BCUT2D eigenvalue weighted by molar-refractivity contribution is -0.109. The highest BCUT2D eigenvalue weighted by atomic mass is 32.2. The number of thioether (sulfide) groups is 1. The van der Waals surface area contributed by atoms with Crippen LogP contribution in [0.1, 0.15) is 33.3 Å². The van der Waals surface area contributed by atoms with Crippen molar-refractivity contribution >= 4 is 23.0 Å². The van der Waals surface area contributed by atoms with E-state index in [2.05, 4.69) is 25.9 Å². The van der Waals surface area contributed by atoms with E-state index in [4.69, 9.17) is 0 Å². The summed E-state index contributed by atoms with van der Waals surface area (Å²) in [5.74, 6) is 0.718. The van der Waals surface area contributed by atoms with Crippen molar-refractivity contribution in [2.45, 2.75) is 33.2 Å². The molecule has 0 aromatic carbocycles. The Hall–Kier alpha value is -1.03. The van der Waals surface area contributed by atoms with Gasteiger partial charge in [0.1, 0.15) is 0 Å². The van der Waals surface area contributed by atoms with Gasteiger partial charge in [0.15, 0.2) is 5.12 Å². The van der Waals surface area contributed by atoms with Crippen LogP contribution in [-0.2, 0) is 10.3 Å². The summed E-state index contributed by atoms with van der Waals surface area (Å²) in [7, 11) is 0. The molecule has 0 radical (unpaired) electrons. The molecule has 1 rings (SSSR count). The highest BCUT2D eigenvalue weighted by Crippen LogP contribution is 2.14. The molecule has 0 atom stereocenters. The number of carbonyl (C=O) groups excluding carboxylic acids is 1. The van der Waals surface area contributed by atoms with Crippen LogP contribution in [0.3, 0.4) is 0 Å². The van der Waals surface area contributed by atoms with Crippen molar-refractivity contribution in [3.63, 3.8) is 0 Å². The zero-order valence-corrected chi connectivity index (χ0v) is 11.0. The summed E-state index contributed by atoms with van der Waals surface area (Å²) < 4.78 is 1.94. The van der Waals surface area contributed by atoms with E-state index < -0.39 is 0 Å². The average Bonchev–Trinajstić information content (AvgIpc) is 2.59. The van der Waals surface area contributed by atoms with Gasteiger partial charge in [-0.15, -0.1) is 0 Å². The second-order valence-electron chi connectivity index (χ2n) is 4.59. The molecule has 0 saturated carbocycles. The highest BCUT2D eigenvalue weighted by Gasteiger charge is 2.12. The topological polar surface area (TPSA) is 34.9 Å². The lowest BCUT2D eigenvalue weighted by Crippen LogP contribution is -2.21. The van der Waals surface area contributed by atoms with Crippen molar-refractivity contribution in [3.05, 3.63) is 24.0 Å². The summed E-state index contributed by atoms with van der Waals surface area (Å²) >= 11 is 1.31. The van der Waals surface area contributed by atoms with Crippen molar-refractivity contribution < 1.29 is 4.79 Å². The second-order valence-corrected chi connectivity index (χ2v) is 5.79. The lowest BCUT2D eigenvalue weighted by atomic mass is 10.1. The van der Waals surface area contributed by atoms with E-state index >= 15 is 0 Å². The molecule has 0 bridgehead atoms. The fraction of sp³-hybridized carbons (Fsp3) is 0.500. The minimum atomic E-state index is 0.0141. The normalized spacial score (nSPS) is 12.2. The molecule has 0 aliphatic heterocycles. The molecule has 16 heavy (non-hydrogen) atoms. The van der Waals surface area contributed by atoms with Gasteiger partial charge < -0.3 is 0 Å². The maximum absolute atomic E-state index is 10.7. The standard InChI is InChI=1S/C12H18N2OS/c1-10(15)16-7-5-6-11-8-13-14(9-11)12(2,3)4/h5-6,8-9H,7H2,1-4H3. The summed E-state index contributed by atoms with van der Waals surface area (Å²) in [6.45, 7) is 7.91. The zero-order chi connectivity index (χ0) is 12.2. The van der Waals surface area contributed by atoms with E-state index in [0.29, 0.717) is 0 Å². The molecule has 0 spiro atoms. The first kappa shape index (κ1) is 13.0. The number of aromatic nitrogens is 2. The van der Waals surface area contributed by atoms with E-state index in [9.17, 15) is 4.79 Å². The SMILES string of the molecule is CC(=O)SCC=Cc1cnn(C(C)(C)C)c1. The van der Waals surface area contributed by atoms with Crippen LogP contribution in [0.5, 0.6) is 0 Å². The molecule has 4 heteroatoms. The highest BCUT2D eigenvalue weighted by molar-refractivity contribution is 8.13. The molecule has 3 nitrogen and oxygen atoms in total. The molecule has 1 aromatic heterocycles. The maximum Gasteiger partial charge on any atom is 0.186 e. The summed E-state index contributed by atoms with van der Waals surface area (Å²) in [6, 6.07) is 0. The maximum atomic E-state index is 10.7. The first-order valence-corrected chi connectivity index (χ1v) is 6.23. The van der Waals surface area contributed by atoms with Gasteiger partial charge in [0.2, 0.25) is 0 Å². The largest absolute Gasteiger partial charge is 0.288 e. The average molecular weight is 238 g/mol. The van der Waals surface area contributed by atoms with Crippen LogP contribution in [0.4, 0.5) is 0 Å². The van der Waals surface area contributed by atoms with Crippen molar-refractivity contribution in [2.24, 2.45) is 0 Å². The number of hydrogen-bond acceptors (Lipinski definition) is 3. The number of nitrogens with zero attached hydrogens (tertiary/aromatic N) is 2. The Labute approximate surface area is 101 Å². The molecular formula is C12H18N2OS. The number of rotatable bonds is 3. The van der Waals surface area contributed by atoms with Crippen molar-refractivity contribution in [1.29, 1.82) is 0 Å². The summed E-state index contributed by atoms with van der Waals surface area (Å²) in [5.41, 5.74) is 1.08. The van der Waals surface area contributed by atoms with Crippen molar-refractivity contribution in [1.82, 2.24) is 9.78 Å². The summed E-state index contributed by atoms with van der Waals surface area (Å²) in [6.07, 6.45) is 7.82. The smallest absolute Gasteiger partial charge is 0.186 e. The lowest BCUT2D eigenvalue weighted by Gasteiger charge is -2.18. The van der Waals surface area contributed by atoms with Crippen LogP contribution in [-0.4, -0.2) is 20.6 Å². The Bertz CT molecular complexity index is 388. The minimum absolute atomic E-state index is 0.0141. The molecule has 1 heterocycles. The van der Waals surface area contributed by atoms with E-state index in [-0.39, 0.29) is 10.7 Å². The summed E-state index contributed by atoms with van der Waals surface area (Å²) in [5, 5.41) is 4.44. The van der Waals surface area contributed by atoms with Gasteiger partial charge in [0, 0.05) is 24.4 Å². The molecule has 0 N–H and O–H groups in total. The number of carbonyl (C=O) groups is 1. The first-order chi connectivity index (χ1) is 7.39. The van der Waals surface area contributed by atoms with Gasteiger partial charge in [0.25, 0.3) is 0 Å². The molecule has 0 amide bonds. The quantitative estimate of drug-likeness (QED) is 0.812. The predicted molar refractivity (Wildman–Crippen MR) is 69.4 cm³/mol. The Morgan fingerprint density at radius 3 is 2.75 bits per heavy atom. The fourth-order valence-corrected chi connectivity index (χ4v) is 1.57. The minimum Gasteiger partial charge on any atom is -0.288 e. The third kappa shape index (κ3) is 4.23. The van der Waals surface area contributed by atoms with Crippen LogP contribution in [0.25, 0.3) is 6.08 Å². The first-order valence-electron chi connectivity index (χ1n) is 5.24. The van der Waals surface area contributed by atoms with E-state index in [1.807, 2.05) is 29.2 Å². The van der Waals surface area contributed by atoms with Gasteiger partial charge in [-0.2, -0.15) is 5.10 Å². The zero-order valence-electron chi connectivity index (χ0n) is 10.2. The molecule has 0 unspecified atom stereocenters. The second kappa shape index (κ2) is 5.34. The van der Waals surface area contributed by atoms with Crippen LogP contribution in [0.2, 0.25) is 0 Å². The van der Waals surface area contributed by atoms with Crippen LogP contribution in [0.15, 0.2) is 18.5 Å². The van der Waals surface area contributed by atoms with Crippen LogP contribution in [0, 0.1) is 0 Å². The fourth-order valence-electron chi connectivity index (χ4n) is 1.14. The van der Waals surface area contributed by atoms with Crippen LogP contribution >= 0.6 is 11.8 Å². The Kier molecular flexibility index (Phi) is 4.35. The molecule has 88 valence electrons. The monoisotopic (exact) mass is 238 g/mol. The van der Waals surface area contributed by atoms with E-state index in [1.54, 1.807) is 6.92 Å². The molecule has 0 saturated heterocycles. The molecule has 0 aliphatic carbocycles. The van der Waals surface area contributed by atoms with Crippen molar-refractivity contribution in [3.8, 4) is 0 Å². The van der Waals surface area contributed by atoms with Gasteiger partial charge in [0.05, 0.1) is 11.7 Å². The number of hydrogen-bond donors (Lipinski definition) is 0.